The molecule has 0 amide bonds. The number of hydrogen-bond acceptors (Lipinski definition) is 0. The van der Waals surface area contributed by atoms with Gasteiger partial charge in [0.05, 0.1) is 0 Å². The Morgan fingerprint density at radius 3 is 1.22 bits per heavy atom. The van der Waals surface area contributed by atoms with Gasteiger partial charge in [0.15, 0.2) is 0 Å². The summed E-state index contributed by atoms with van der Waals surface area (Å²) in [6, 6.07) is 17.4. The van der Waals surface area contributed by atoms with Gasteiger partial charge in [-0.05, 0) is 61.1 Å². The molecule has 3 rings (SSSR count). The predicted molar refractivity (Wildman–Crippen MR) is 177 cm³/mol. The molecule has 0 atom stereocenters. The molecule has 0 aromatic heterocycles. The van der Waals surface area contributed by atoms with Gasteiger partial charge in [-0.2, -0.15) is 0 Å². The van der Waals surface area contributed by atoms with Crippen LogP contribution in [0.5, 0.6) is 0 Å². The molecule has 0 spiro atoms. The van der Waals surface area contributed by atoms with Gasteiger partial charge in [0.2, 0.25) is 11.4 Å². The van der Waals surface area contributed by atoms with E-state index in [-0.39, 0.29) is 0 Å². The van der Waals surface area contributed by atoms with Crippen molar-refractivity contribution in [3.05, 3.63) is 88.5 Å². The van der Waals surface area contributed by atoms with Crippen molar-refractivity contribution >= 4 is 11.4 Å². The Hall–Kier alpha value is -1.99. The van der Waals surface area contributed by atoms with Crippen LogP contribution < -0.4 is 0 Å². The van der Waals surface area contributed by atoms with E-state index in [1.54, 1.807) is 0 Å². The molecule has 0 fully saturated rings. The van der Waals surface area contributed by atoms with Crippen LogP contribution in [0.4, 0.5) is 0 Å². The molecule has 2 aromatic carbocycles. The topological polar surface area (TPSA) is 25.3 Å². The Bertz CT molecular complexity index is 936. The van der Waals surface area contributed by atoms with Gasteiger partial charge in [0.25, 0.3) is 0 Å². The zero-order valence-corrected chi connectivity index (χ0v) is 27.7. The first-order valence-corrected chi connectivity index (χ1v) is 18.1. The molecule has 3 heteroatoms. The normalized spacial score (nSPS) is 12.7. The number of allylic oxidation sites excluding steroid dienone is 2. The first-order chi connectivity index (χ1) is 20.1. The van der Waals surface area contributed by atoms with Crippen LogP contribution in [-0.4, -0.2) is 4.70 Å². The van der Waals surface area contributed by atoms with Gasteiger partial charge < -0.3 is 5.53 Å². The van der Waals surface area contributed by atoms with Crippen LogP contribution in [0.1, 0.15) is 140 Å². The molecule has 0 saturated carbocycles. The zero-order valence-electron chi connectivity index (χ0n) is 26.7. The average molecular weight is 602 g/mol. The summed E-state index contributed by atoms with van der Waals surface area (Å²) < 4.78 is 1.34. The molecule has 0 aliphatic carbocycles. The fourth-order valence-electron chi connectivity index (χ4n) is 5.07. The van der Waals surface area contributed by atoms with E-state index >= 15 is 0 Å². The molecule has 1 aliphatic heterocycles. The van der Waals surface area contributed by atoms with E-state index in [1.807, 2.05) is 26.6 Å². The van der Waals surface area contributed by atoms with Gasteiger partial charge in [-0.15, -0.1) is 0 Å². The van der Waals surface area contributed by atoms with Gasteiger partial charge in [-0.3, -0.25) is 0 Å². The fourth-order valence-corrected chi connectivity index (χ4v) is 6.02. The van der Waals surface area contributed by atoms with Crippen LogP contribution in [0.3, 0.4) is 0 Å². The summed E-state index contributed by atoms with van der Waals surface area (Å²) in [5, 5.41) is 2.72. The standard InChI is InChI=1S/C32H44N2.2C3H7.Ni/c1-3-5-7-9-11-13-15-27-17-21-29(22-18-27)31-25-26-32(34(31)33)30-23-19-28(20-24-30)16-14-12-10-8-6-4-2;2*1-3-2;/h17-26H,3-16H2,1-2H3;2*1,3H2,2H3;. The maximum absolute atomic E-state index is 10.9. The van der Waals surface area contributed by atoms with Crippen molar-refractivity contribution in [1.82, 2.24) is 0 Å². The third kappa shape index (κ3) is 14.2. The maximum atomic E-state index is 10.9. The van der Waals surface area contributed by atoms with E-state index in [2.05, 4.69) is 76.2 Å². The summed E-state index contributed by atoms with van der Waals surface area (Å²) in [5.74, 6) is 0. The molecule has 230 valence electrons. The van der Waals surface area contributed by atoms with Crippen molar-refractivity contribution in [2.45, 2.75) is 141 Å². The van der Waals surface area contributed by atoms with Crippen LogP contribution in [0, 0.1) is 0 Å². The van der Waals surface area contributed by atoms with Crippen molar-refractivity contribution in [2.24, 2.45) is 0 Å². The summed E-state index contributed by atoms with van der Waals surface area (Å²) in [6.45, 7) is 8.99. The Balaban J connectivity index is 0.000000745. The summed E-state index contributed by atoms with van der Waals surface area (Å²) in [5.41, 5.74) is 17.5. The second-order valence-electron chi connectivity index (χ2n) is 11.3. The average Bonchev–Trinajstić information content (AvgIpc) is 3.39. The van der Waals surface area contributed by atoms with Crippen molar-refractivity contribution in [3.63, 3.8) is 0 Å². The van der Waals surface area contributed by atoms with E-state index in [9.17, 15) is 5.53 Å². The summed E-state index contributed by atoms with van der Waals surface area (Å²) in [6.07, 6.45) is 24.9. The Kier molecular flexibility index (Phi) is 19.4. The van der Waals surface area contributed by atoms with Gasteiger partial charge in [0, 0.05) is 23.3 Å². The number of rotatable bonds is 20. The number of benzene rings is 2. The quantitative estimate of drug-likeness (QED) is 0.0820. The van der Waals surface area contributed by atoms with Gasteiger partial charge in [-0.25, -0.2) is 4.70 Å². The van der Waals surface area contributed by atoms with E-state index < -0.39 is 0 Å². The second kappa shape index (κ2) is 22.6. The minimum absolute atomic E-state index is 0.845. The van der Waals surface area contributed by atoms with E-state index in [4.69, 9.17) is 0 Å². The molecule has 0 saturated heterocycles. The first kappa shape index (κ1) is 35.2. The van der Waals surface area contributed by atoms with Crippen molar-refractivity contribution < 1.29 is 19.1 Å². The molecular weight excluding hydrogens is 543 g/mol. The first-order valence-electron chi connectivity index (χ1n) is 16.7. The minimum atomic E-state index is 0.845. The summed E-state index contributed by atoms with van der Waals surface area (Å²) >= 11 is 1.90. The number of unbranched alkanes of at least 4 members (excludes halogenated alkanes) is 10. The van der Waals surface area contributed by atoms with Crippen LogP contribution in [0.2, 0.25) is 10.8 Å². The number of aryl methyl sites for hydroxylation is 2. The molecule has 1 aliphatic rings. The monoisotopic (exact) mass is 600 g/mol. The third-order valence-electron chi connectivity index (χ3n) is 7.53. The third-order valence-corrected chi connectivity index (χ3v) is 9.22. The fraction of sp³-hybridized carbons (Fsp3) is 0.579. The zero-order chi connectivity index (χ0) is 29.5. The molecular formula is C38H58N2Ni. The molecule has 2 nitrogen and oxygen atoms in total. The number of hydrogen-bond donors (Lipinski definition) is 0. The van der Waals surface area contributed by atoms with E-state index in [0.29, 0.717) is 0 Å². The van der Waals surface area contributed by atoms with Gasteiger partial charge in [-0.1, -0.05) is 102 Å². The number of nitrogens with zero attached hydrogens (tertiary/aromatic N) is 2. The molecule has 0 bridgehead atoms. The molecule has 1 heterocycles. The van der Waals surface area contributed by atoms with Crippen molar-refractivity contribution in [1.29, 1.82) is 0 Å². The van der Waals surface area contributed by atoms with E-state index in [1.165, 1.54) is 116 Å². The van der Waals surface area contributed by atoms with Crippen LogP contribution in [0.15, 0.2) is 60.7 Å². The molecule has 0 radical (unpaired) electrons. The van der Waals surface area contributed by atoms with Crippen LogP contribution in [-0.2, 0) is 27.3 Å². The van der Waals surface area contributed by atoms with Crippen LogP contribution in [0.25, 0.3) is 16.9 Å². The summed E-state index contributed by atoms with van der Waals surface area (Å²) in [4.78, 5) is 0. The molecule has 41 heavy (non-hydrogen) atoms. The van der Waals surface area contributed by atoms with Crippen LogP contribution >= 0.6 is 0 Å². The molecule has 0 unspecified atom stereocenters. The van der Waals surface area contributed by atoms with Gasteiger partial charge in [0.1, 0.15) is 0 Å². The van der Waals surface area contributed by atoms with Crippen molar-refractivity contribution in [2.75, 3.05) is 0 Å². The SMILES string of the molecule is CCCCCCCCc1ccc(C2=CC=C(c3ccc(CCCCCCCC)cc3)[N+]2=[N-])cc1.CC[CH2][Ni][CH2]CC. The van der Waals surface area contributed by atoms with Gasteiger partial charge >= 0.3 is 51.9 Å². The predicted octanol–water partition coefficient (Wildman–Crippen LogP) is 12.6. The van der Waals surface area contributed by atoms with Crippen molar-refractivity contribution in [3.8, 4) is 0 Å². The Morgan fingerprint density at radius 1 is 0.488 bits per heavy atom. The van der Waals surface area contributed by atoms with E-state index in [0.717, 1.165) is 35.4 Å². The summed E-state index contributed by atoms with van der Waals surface area (Å²) in [7, 11) is 0. The molecule has 0 N–H and O–H groups in total. The molecule has 2 aromatic rings. The Labute approximate surface area is 259 Å². The second-order valence-corrected chi connectivity index (χ2v) is 12.8. The Morgan fingerprint density at radius 2 is 0.854 bits per heavy atom.